The van der Waals surface area contributed by atoms with Crippen LogP contribution in [0.1, 0.15) is 42.6 Å². The maximum Gasteiger partial charge on any atom is 0.416 e. The minimum Gasteiger partial charge on any atom is -0.341 e. The van der Waals surface area contributed by atoms with Gasteiger partial charge in [0.05, 0.1) is 12.1 Å². The fraction of sp³-hybridized carbons (Fsp3) is 0.440. The fourth-order valence-corrected chi connectivity index (χ4v) is 4.48. The van der Waals surface area contributed by atoms with Crippen LogP contribution >= 0.6 is 0 Å². The molecule has 1 aromatic carbocycles. The largest absolute Gasteiger partial charge is 0.416 e. The molecule has 2 aromatic heterocycles. The second-order valence-electron chi connectivity index (χ2n) is 9.56. The monoisotopic (exact) mass is 518 g/mol. The molecule has 0 saturated carbocycles. The lowest BCUT2D eigenvalue weighted by atomic mass is 10.1. The molecule has 1 saturated heterocycles. The van der Waals surface area contributed by atoms with Crippen LogP contribution < -0.4 is 21.9 Å². The van der Waals surface area contributed by atoms with E-state index in [0.717, 1.165) is 35.1 Å². The number of rotatable bonds is 6. The molecule has 198 valence electrons. The number of fused-ring (bicyclic) bond motifs is 1. The Labute approximate surface area is 210 Å². The van der Waals surface area contributed by atoms with Crippen LogP contribution in [0.5, 0.6) is 0 Å². The van der Waals surface area contributed by atoms with Crippen molar-refractivity contribution < 1.29 is 18.0 Å². The van der Waals surface area contributed by atoms with E-state index < -0.39 is 35.3 Å². The number of nitrogens with two attached hydrogens (primary N) is 1. The van der Waals surface area contributed by atoms with Crippen LogP contribution in [0.25, 0.3) is 11.2 Å². The van der Waals surface area contributed by atoms with Crippen molar-refractivity contribution in [3.8, 4) is 0 Å². The van der Waals surface area contributed by atoms with Gasteiger partial charge in [-0.25, -0.2) is 4.79 Å². The number of hydrogen-bond donors (Lipinski definition) is 1. The van der Waals surface area contributed by atoms with Crippen molar-refractivity contribution in [2.75, 3.05) is 18.0 Å². The van der Waals surface area contributed by atoms with Crippen LogP contribution in [0.15, 0.2) is 45.5 Å². The third-order valence-corrected chi connectivity index (χ3v) is 6.45. The molecule has 4 rings (SSSR count). The van der Waals surface area contributed by atoms with E-state index in [0.29, 0.717) is 31.6 Å². The van der Waals surface area contributed by atoms with Crippen LogP contribution in [0.2, 0.25) is 0 Å². The lowest BCUT2D eigenvalue weighted by Crippen LogP contribution is -2.44. The summed E-state index contributed by atoms with van der Waals surface area (Å²) in [6.45, 7) is 4.64. The van der Waals surface area contributed by atoms with E-state index in [-0.39, 0.29) is 22.8 Å². The molecule has 0 amide bonds. The highest BCUT2D eigenvalue weighted by Crippen LogP contribution is 2.29. The lowest BCUT2D eigenvalue weighted by Gasteiger charge is -2.31. The van der Waals surface area contributed by atoms with Gasteiger partial charge in [0.25, 0.3) is 5.56 Å². The molecular formula is C25H29F3N6O3. The first-order chi connectivity index (χ1) is 17.4. The molecule has 1 unspecified atom stereocenters. The highest BCUT2D eigenvalue weighted by atomic mass is 19.4. The van der Waals surface area contributed by atoms with Gasteiger partial charge in [0.1, 0.15) is 0 Å². The Bertz CT molecular complexity index is 1490. The van der Waals surface area contributed by atoms with E-state index in [4.69, 9.17) is 5.73 Å². The summed E-state index contributed by atoms with van der Waals surface area (Å²) in [5, 5.41) is 0. The molecule has 1 aliphatic rings. The van der Waals surface area contributed by atoms with Gasteiger partial charge in [-0.15, -0.1) is 0 Å². The first kappa shape index (κ1) is 26.4. The maximum absolute atomic E-state index is 13.6. The second kappa shape index (κ2) is 10.0. The second-order valence-corrected chi connectivity index (χ2v) is 9.56. The van der Waals surface area contributed by atoms with Gasteiger partial charge in [0, 0.05) is 38.3 Å². The molecule has 3 aromatic rings. The number of carbonyl (C=O) groups excluding carboxylic acids is 1. The third-order valence-electron chi connectivity index (χ3n) is 6.45. The van der Waals surface area contributed by atoms with E-state index in [1.54, 1.807) is 4.57 Å². The van der Waals surface area contributed by atoms with Crippen molar-refractivity contribution in [2.45, 2.75) is 52.0 Å². The number of ketones is 1. The van der Waals surface area contributed by atoms with Gasteiger partial charge in [0.15, 0.2) is 16.9 Å². The SMILES string of the molecule is CC(C)=CCn1c(N2CCCC(N)C2)nc2c1c(=O)n(CC(=O)c1cccc(C(F)(F)F)c1)c(=O)n2C. The standard InChI is InChI=1S/C25H29F3N6O3/c1-15(2)9-11-33-20-21(30-23(33)32-10-5-8-18(29)13-32)31(3)24(37)34(22(20)36)14-19(35)16-6-4-7-17(12-16)25(26,27)28/h4,6-7,9,12,18H,5,8,10-11,13-14,29H2,1-3H3. The van der Waals surface area contributed by atoms with Crippen molar-refractivity contribution >= 4 is 22.9 Å². The molecule has 0 aliphatic carbocycles. The van der Waals surface area contributed by atoms with Crippen molar-refractivity contribution in [1.82, 2.24) is 18.7 Å². The molecular weight excluding hydrogens is 489 g/mol. The Morgan fingerprint density at radius 1 is 1.22 bits per heavy atom. The number of allylic oxidation sites excluding steroid dienone is 2. The zero-order chi connectivity index (χ0) is 27.1. The van der Waals surface area contributed by atoms with Crippen LogP contribution in [0, 0.1) is 0 Å². The smallest absolute Gasteiger partial charge is 0.341 e. The van der Waals surface area contributed by atoms with Crippen molar-refractivity contribution in [1.29, 1.82) is 0 Å². The minimum absolute atomic E-state index is 0.0592. The first-order valence-corrected chi connectivity index (χ1v) is 11.9. The summed E-state index contributed by atoms with van der Waals surface area (Å²) in [5.41, 5.74) is 4.71. The predicted octanol–water partition coefficient (Wildman–Crippen LogP) is 2.69. The number of imidazole rings is 1. The minimum atomic E-state index is -4.63. The van der Waals surface area contributed by atoms with Crippen LogP contribution in [0.4, 0.5) is 19.1 Å². The number of aromatic nitrogens is 4. The Kier molecular flexibility index (Phi) is 7.13. The predicted molar refractivity (Wildman–Crippen MR) is 134 cm³/mol. The fourth-order valence-electron chi connectivity index (χ4n) is 4.48. The average Bonchev–Trinajstić information content (AvgIpc) is 3.23. The number of piperidine rings is 1. The summed E-state index contributed by atoms with van der Waals surface area (Å²) in [6, 6.07) is 3.85. The molecule has 0 radical (unpaired) electrons. The van der Waals surface area contributed by atoms with Gasteiger partial charge in [0.2, 0.25) is 5.95 Å². The van der Waals surface area contributed by atoms with E-state index in [1.165, 1.54) is 17.7 Å². The van der Waals surface area contributed by atoms with Crippen molar-refractivity contribution in [3.05, 3.63) is 67.9 Å². The molecule has 1 atom stereocenters. The Balaban J connectivity index is 1.85. The van der Waals surface area contributed by atoms with E-state index >= 15 is 0 Å². The highest BCUT2D eigenvalue weighted by Gasteiger charge is 2.31. The number of alkyl halides is 3. The molecule has 0 spiro atoms. The molecule has 2 N–H and O–H groups in total. The number of nitrogens with zero attached hydrogens (tertiary/aromatic N) is 5. The van der Waals surface area contributed by atoms with Gasteiger partial charge < -0.3 is 15.2 Å². The van der Waals surface area contributed by atoms with E-state index in [2.05, 4.69) is 4.98 Å². The number of hydrogen-bond acceptors (Lipinski definition) is 6. The Hall–Kier alpha value is -3.67. The zero-order valence-corrected chi connectivity index (χ0v) is 20.9. The molecule has 1 fully saturated rings. The van der Waals surface area contributed by atoms with Crippen LogP contribution in [-0.2, 0) is 26.3 Å². The van der Waals surface area contributed by atoms with Crippen molar-refractivity contribution in [3.63, 3.8) is 0 Å². The van der Waals surface area contributed by atoms with Crippen molar-refractivity contribution in [2.24, 2.45) is 12.8 Å². The Morgan fingerprint density at radius 3 is 2.59 bits per heavy atom. The number of aryl methyl sites for hydroxylation is 1. The first-order valence-electron chi connectivity index (χ1n) is 11.9. The van der Waals surface area contributed by atoms with E-state index in [9.17, 15) is 27.6 Å². The summed E-state index contributed by atoms with van der Waals surface area (Å²) in [5.74, 6) is -0.293. The van der Waals surface area contributed by atoms with Gasteiger partial charge in [-0.1, -0.05) is 23.8 Å². The normalized spacial score (nSPS) is 16.3. The summed E-state index contributed by atoms with van der Waals surface area (Å²) >= 11 is 0. The summed E-state index contributed by atoms with van der Waals surface area (Å²) in [4.78, 5) is 46.2. The molecule has 1 aliphatic heterocycles. The number of carbonyl (C=O) groups is 1. The molecule has 9 nitrogen and oxygen atoms in total. The van der Waals surface area contributed by atoms with E-state index in [1.807, 2.05) is 24.8 Å². The topological polar surface area (TPSA) is 108 Å². The summed E-state index contributed by atoms with van der Waals surface area (Å²) in [6.07, 6.45) is -1.00. The van der Waals surface area contributed by atoms with Gasteiger partial charge >= 0.3 is 11.9 Å². The van der Waals surface area contributed by atoms with Gasteiger partial charge in [-0.05, 0) is 38.8 Å². The van der Waals surface area contributed by atoms with Crippen LogP contribution in [-0.4, -0.2) is 43.6 Å². The molecule has 0 bridgehead atoms. The summed E-state index contributed by atoms with van der Waals surface area (Å²) < 4.78 is 43.0. The number of halogens is 3. The molecule has 3 heterocycles. The highest BCUT2D eigenvalue weighted by molar-refractivity contribution is 5.96. The quantitative estimate of drug-likeness (QED) is 0.397. The molecule has 12 heteroatoms. The number of benzene rings is 1. The third kappa shape index (κ3) is 5.24. The number of anilines is 1. The maximum atomic E-state index is 13.6. The van der Waals surface area contributed by atoms with Gasteiger partial charge in [-0.3, -0.25) is 18.7 Å². The number of Topliss-reactive ketones (excluding diaryl/α,β-unsaturated/α-hetero) is 1. The zero-order valence-electron chi connectivity index (χ0n) is 20.9. The Morgan fingerprint density at radius 2 is 1.95 bits per heavy atom. The molecule has 37 heavy (non-hydrogen) atoms. The van der Waals surface area contributed by atoms with Crippen LogP contribution in [0.3, 0.4) is 0 Å². The average molecular weight is 519 g/mol. The van der Waals surface area contributed by atoms with Gasteiger partial charge in [-0.2, -0.15) is 18.2 Å². The summed E-state index contributed by atoms with van der Waals surface area (Å²) in [7, 11) is 1.44. The lowest BCUT2D eigenvalue weighted by molar-refractivity contribution is -0.137.